The van der Waals surface area contributed by atoms with Gasteiger partial charge in [0.25, 0.3) is 5.91 Å². The number of benzene rings is 2. The number of rotatable bonds is 2. The molecule has 0 aliphatic heterocycles. The quantitative estimate of drug-likeness (QED) is 0.855. The number of nitrogens with zero attached hydrogens (tertiary/aromatic N) is 1. The molecule has 0 aliphatic rings. The zero-order chi connectivity index (χ0) is 14.0. The van der Waals surface area contributed by atoms with E-state index in [1.165, 1.54) is 4.90 Å². The highest BCUT2D eigenvalue weighted by atomic mass is 35.5. The third kappa shape index (κ3) is 3.19. The van der Waals surface area contributed by atoms with Gasteiger partial charge < -0.3 is 10.6 Å². The fourth-order valence-corrected chi connectivity index (χ4v) is 2.18. The number of hydrogen-bond acceptors (Lipinski definition) is 2. The largest absolute Gasteiger partial charge is 0.399 e. The van der Waals surface area contributed by atoms with E-state index in [2.05, 4.69) is 0 Å². The average Bonchev–Trinajstić information content (AvgIpc) is 2.37. The second-order valence-electron chi connectivity index (χ2n) is 4.11. The Balaban J connectivity index is 2.30. The van der Waals surface area contributed by atoms with Crippen molar-refractivity contribution in [3.63, 3.8) is 0 Å². The minimum atomic E-state index is -0.154. The maximum absolute atomic E-state index is 12.3. The zero-order valence-electron chi connectivity index (χ0n) is 10.2. The molecule has 0 saturated carbocycles. The highest BCUT2D eigenvalue weighted by Gasteiger charge is 2.14. The summed E-state index contributed by atoms with van der Waals surface area (Å²) in [5, 5.41) is 0.971. The maximum atomic E-state index is 12.3. The summed E-state index contributed by atoms with van der Waals surface area (Å²) in [7, 11) is 1.67. The molecule has 2 N–H and O–H groups in total. The lowest BCUT2D eigenvalue weighted by atomic mass is 10.1. The Morgan fingerprint density at radius 2 is 1.58 bits per heavy atom. The van der Waals surface area contributed by atoms with E-state index in [9.17, 15) is 4.79 Å². The van der Waals surface area contributed by atoms with E-state index < -0.39 is 0 Å². The van der Waals surface area contributed by atoms with Gasteiger partial charge >= 0.3 is 0 Å². The Bertz CT molecular complexity index is 591. The number of nitrogens with two attached hydrogens (primary N) is 1. The van der Waals surface area contributed by atoms with Crippen LogP contribution in [0.4, 0.5) is 11.4 Å². The monoisotopic (exact) mass is 294 g/mol. The first-order chi connectivity index (χ1) is 8.97. The lowest BCUT2D eigenvalue weighted by Gasteiger charge is -2.18. The SMILES string of the molecule is CN(C(=O)c1ccc(N)cc1)c1cc(Cl)cc(Cl)c1. The third-order valence-corrected chi connectivity index (χ3v) is 3.13. The van der Waals surface area contributed by atoms with Crippen molar-refractivity contribution >= 4 is 40.5 Å². The Morgan fingerprint density at radius 3 is 2.11 bits per heavy atom. The van der Waals surface area contributed by atoms with Crippen molar-refractivity contribution in [1.29, 1.82) is 0 Å². The van der Waals surface area contributed by atoms with Gasteiger partial charge in [-0.25, -0.2) is 0 Å². The van der Waals surface area contributed by atoms with Crippen LogP contribution >= 0.6 is 23.2 Å². The molecule has 0 heterocycles. The van der Waals surface area contributed by atoms with Crippen LogP contribution in [0.2, 0.25) is 10.0 Å². The van der Waals surface area contributed by atoms with Gasteiger partial charge in [0, 0.05) is 34.0 Å². The van der Waals surface area contributed by atoms with Crippen molar-refractivity contribution in [2.24, 2.45) is 0 Å². The molecule has 2 aromatic rings. The Hall–Kier alpha value is -1.71. The molecule has 0 unspecified atom stereocenters. The summed E-state index contributed by atoms with van der Waals surface area (Å²) in [6.45, 7) is 0. The minimum Gasteiger partial charge on any atom is -0.399 e. The molecule has 0 saturated heterocycles. The summed E-state index contributed by atoms with van der Waals surface area (Å²) in [5.74, 6) is -0.154. The molecule has 1 amide bonds. The number of carbonyl (C=O) groups is 1. The highest BCUT2D eigenvalue weighted by Crippen LogP contribution is 2.25. The number of nitrogen functional groups attached to an aromatic ring is 1. The van der Waals surface area contributed by atoms with Crippen LogP contribution in [0.5, 0.6) is 0 Å². The highest BCUT2D eigenvalue weighted by molar-refractivity contribution is 6.35. The van der Waals surface area contributed by atoms with E-state index in [1.54, 1.807) is 49.5 Å². The summed E-state index contributed by atoms with van der Waals surface area (Å²) in [5.41, 5.74) is 7.40. The van der Waals surface area contributed by atoms with Crippen molar-refractivity contribution in [2.75, 3.05) is 17.7 Å². The molecule has 19 heavy (non-hydrogen) atoms. The number of amides is 1. The molecule has 0 aliphatic carbocycles. The maximum Gasteiger partial charge on any atom is 0.258 e. The summed E-state index contributed by atoms with van der Waals surface area (Å²) in [4.78, 5) is 13.8. The second kappa shape index (κ2) is 5.51. The molecule has 3 nitrogen and oxygen atoms in total. The first-order valence-electron chi connectivity index (χ1n) is 5.57. The molecule has 0 radical (unpaired) electrons. The molecule has 0 fully saturated rings. The number of anilines is 2. The number of halogens is 2. The molecule has 2 rings (SSSR count). The molecule has 5 heteroatoms. The fourth-order valence-electron chi connectivity index (χ4n) is 1.67. The molecule has 0 spiro atoms. The zero-order valence-corrected chi connectivity index (χ0v) is 11.7. The standard InChI is InChI=1S/C14H12Cl2N2O/c1-18(13-7-10(15)6-11(16)8-13)14(19)9-2-4-12(17)5-3-9/h2-8H,17H2,1H3. The van der Waals surface area contributed by atoms with E-state index in [-0.39, 0.29) is 5.91 Å². The second-order valence-corrected chi connectivity index (χ2v) is 4.99. The van der Waals surface area contributed by atoms with Crippen LogP contribution in [0, 0.1) is 0 Å². The number of carbonyl (C=O) groups excluding carboxylic acids is 1. The van der Waals surface area contributed by atoms with Crippen LogP contribution in [-0.2, 0) is 0 Å². The van der Waals surface area contributed by atoms with Gasteiger partial charge in [-0.2, -0.15) is 0 Å². The van der Waals surface area contributed by atoms with Gasteiger partial charge in [-0.15, -0.1) is 0 Å². The first kappa shape index (κ1) is 13.7. The van der Waals surface area contributed by atoms with Crippen molar-refractivity contribution in [3.8, 4) is 0 Å². The van der Waals surface area contributed by atoms with Crippen LogP contribution < -0.4 is 10.6 Å². The Kier molecular flexibility index (Phi) is 3.98. The first-order valence-corrected chi connectivity index (χ1v) is 6.32. The van der Waals surface area contributed by atoms with E-state index in [1.807, 2.05) is 0 Å². The smallest absolute Gasteiger partial charge is 0.258 e. The summed E-state index contributed by atoms with van der Waals surface area (Å²) >= 11 is 11.9. The summed E-state index contributed by atoms with van der Waals surface area (Å²) in [6.07, 6.45) is 0. The minimum absolute atomic E-state index is 0.154. The predicted molar refractivity (Wildman–Crippen MR) is 80.0 cm³/mol. The van der Waals surface area contributed by atoms with Gasteiger partial charge in [0.05, 0.1) is 0 Å². The van der Waals surface area contributed by atoms with Gasteiger partial charge in [-0.1, -0.05) is 23.2 Å². The Labute approximate surface area is 121 Å². The average molecular weight is 295 g/mol. The number of hydrogen-bond donors (Lipinski definition) is 1. The lowest BCUT2D eigenvalue weighted by molar-refractivity contribution is 0.0993. The van der Waals surface area contributed by atoms with Gasteiger partial charge in [0.2, 0.25) is 0 Å². The molecule has 2 aromatic carbocycles. The summed E-state index contributed by atoms with van der Waals surface area (Å²) < 4.78 is 0. The third-order valence-electron chi connectivity index (χ3n) is 2.70. The summed E-state index contributed by atoms with van der Waals surface area (Å²) in [6, 6.07) is 11.7. The lowest BCUT2D eigenvalue weighted by Crippen LogP contribution is -2.26. The normalized spacial score (nSPS) is 10.3. The molecule has 0 aromatic heterocycles. The van der Waals surface area contributed by atoms with Gasteiger partial charge in [0.1, 0.15) is 0 Å². The molecule has 0 atom stereocenters. The van der Waals surface area contributed by atoms with Gasteiger partial charge in [0.15, 0.2) is 0 Å². The van der Waals surface area contributed by atoms with Crippen LogP contribution in [-0.4, -0.2) is 13.0 Å². The molecule has 0 bridgehead atoms. The van der Waals surface area contributed by atoms with Crippen LogP contribution in [0.25, 0.3) is 0 Å². The topological polar surface area (TPSA) is 46.3 Å². The fraction of sp³-hybridized carbons (Fsp3) is 0.0714. The van der Waals surface area contributed by atoms with Crippen molar-refractivity contribution < 1.29 is 4.79 Å². The predicted octanol–water partition coefficient (Wildman–Crippen LogP) is 3.85. The van der Waals surface area contributed by atoms with Gasteiger partial charge in [-0.05, 0) is 42.5 Å². The molecular weight excluding hydrogens is 283 g/mol. The van der Waals surface area contributed by atoms with Crippen LogP contribution in [0.1, 0.15) is 10.4 Å². The van der Waals surface area contributed by atoms with E-state index in [0.29, 0.717) is 27.0 Å². The molecule has 98 valence electrons. The van der Waals surface area contributed by atoms with Crippen molar-refractivity contribution in [2.45, 2.75) is 0 Å². The van der Waals surface area contributed by atoms with Crippen molar-refractivity contribution in [3.05, 3.63) is 58.1 Å². The van der Waals surface area contributed by atoms with E-state index in [0.717, 1.165) is 0 Å². The van der Waals surface area contributed by atoms with Gasteiger partial charge in [-0.3, -0.25) is 4.79 Å². The molecular formula is C14H12Cl2N2O. The van der Waals surface area contributed by atoms with E-state index in [4.69, 9.17) is 28.9 Å². The Morgan fingerprint density at radius 1 is 1.05 bits per heavy atom. The van der Waals surface area contributed by atoms with E-state index >= 15 is 0 Å². The van der Waals surface area contributed by atoms with Crippen molar-refractivity contribution in [1.82, 2.24) is 0 Å². The van der Waals surface area contributed by atoms with Crippen LogP contribution in [0.15, 0.2) is 42.5 Å². The van der Waals surface area contributed by atoms with Crippen LogP contribution in [0.3, 0.4) is 0 Å².